The van der Waals surface area contributed by atoms with Gasteiger partial charge in [-0.2, -0.15) is 0 Å². The highest BCUT2D eigenvalue weighted by molar-refractivity contribution is 5.93. The Morgan fingerprint density at radius 1 is 0.941 bits per heavy atom. The number of carbonyl (C=O) groups excluding carboxylic acids is 4. The summed E-state index contributed by atoms with van der Waals surface area (Å²) in [7, 11) is 1.01. The molecule has 0 saturated carbocycles. The van der Waals surface area contributed by atoms with Gasteiger partial charge in [-0.15, -0.1) is 0 Å². The summed E-state index contributed by atoms with van der Waals surface area (Å²) in [6.07, 6.45) is -3.80. The Bertz CT molecular complexity index is 334. The minimum Gasteiger partial charge on any atom is -0.391 e. The van der Waals surface area contributed by atoms with E-state index in [0.717, 1.165) is 21.0 Å². The number of rotatable bonds is 4. The summed E-state index contributed by atoms with van der Waals surface area (Å²) < 4.78 is 12.7. The molecule has 8 nitrogen and oxygen atoms in total. The highest BCUT2D eigenvalue weighted by Crippen LogP contribution is 2.04. The lowest BCUT2D eigenvalue weighted by atomic mass is 10.2. The van der Waals surface area contributed by atoms with Crippen molar-refractivity contribution in [2.75, 3.05) is 7.11 Å². The van der Waals surface area contributed by atoms with E-state index in [4.69, 9.17) is 0 Å². The van der Waals surface area contributed by atoms with Crippen LogP contribution in [0.15, 0.2) is 0 Å². The molecule has 0 radical (unpaired) electrons. The largest absolute Gasteiger partial charge is 0.391 e. The molecule has 0 aliphatic heterocycles. The highest BCUT2D eigenvalue weighted by Gasteiger charge is 2.36. The third kappa shape index (κ3) is 5.18. The molecule has 0 rings (SSSR count). The van der Waals surface area contributed by atoms with Crippen LogP contribution < -0.4 is 0 Å². The normalized spacial score (nSPS) is 13.4. The van der Waals surface area contributed by atoms with Gasteiger partial charge in [-0.3, -0.25) is 9.59 Å². The van der Waals surface area contributed by atoms with Gasteiger partial charge in [-0.05, 0) is 0 Å². The number of hydrogen-bond donors (Lipinski definition) is 1. The maximum Gasteiger partial charge on any atom is 0.346 e. The predicted octanol–water partition coefficient (Wildman–Crippen LogP) is -1.46. The van der Waals surface area contributed by atoms with Crippen LogP contribution in [0.4, 0.5) is 0 Å². The summed E-state index contributed by atoms with van der Waals surface area (Å²) in [5.41, 5.74) is 0. The molecule has 0 aromatic carbocycles. The number of aliphatic hydroxyl groups is 1. The first kappa shape index (κ1) is 15.2. The van der Waals surface area contributed by atoms with Crippen molar-refractivity contribution in [3.63, 3.8) is 0 Å². The first-order valence-electron chi connectivity index (χ1n) is 4.45. The Morgan fingerprint density at radius 2 is 1.35 bits per heavy atom. The van der Waals surface area contributed by atoms with Crippen LogP contribution in [-0.4, -0.2) is 48.3 Å². The molecular weight excluding hydrogens is 236 g/mol. The quantitative estimate of drug-likeness (QED) is 0.474. The molecule has 0 heterocycles. The van der Waals surface area contributed by atoms with Crippen molar-refractivity contribution in [3.8, 4) is 0 Å². The summed E-state index contributed by atoms with van der Waals surface area (Å²) in [6, 6.07) is 0. The fourth-order valence-corrected chi connectivity index (χ4v) is 0.879. The molecule has 0 spiro atoms. The molecule has 0 aromatic heterocycles. The first-order chi connectivity index (χ1) is 7.79. The van der Waals surface area contributed by atoms with Crippen molar-refractivity contribution >= 4 is 23.9 Å². The summed E-state index contributed by atoms with van der Waals surface area (Å²) >= 11 is 0. The van der Waals surface area contributed by atoms with Crippen LogP contribution in [0.25, 0.3) is 0 Å². The second kappa shape index (κ2) is 6.71. The van der Waals surface area contributed by atoms with Gasteiger partial charge < -0.3 is 19.3 Å². The van der Waals surface area contributed by atoms with Crippen LogP contribution in [-0.2, 0) is 33.4 Å². The summed E-state index contributed by atoms with van der Waals surface area (Å²) in [5, 5.41) is 9.35. The van der Waals surface area contributed by atoms with E-state index in [1.807, 2.05) is 0 Å². The third-order valence-corrected chi connectivity index (χ3v) is 1.50. The van der Waals surface area contributed by atoms with E-state index in [1.165, 1.54) is 0 Å². The lowest BCUT2D eigenvalue weighted by Gasteiger charge is -2.17. The number of aliphatic hydroxyl groups excluding tert-OH is 1. The standard InChI is InChI=1S/C9H12O8/c1-4(10)16-8(13)6(12)7(15-3)9(14)17-5(2)11/h6-7,12H,1-3H3. The third-order valence-electron chi connectivity index (χ3n) is 1.50. The molecule has 1 N–H and O–H groups in total. The van der Waals surface area contributed by atoms with Gasteiger partial charge in [-0.25, -0.2) is 9.59 Å². The van der Waals surface area contributed by atoms with Crippen molar-refractivity contribution in [1.82, 2.24) is 0 Å². The predicted molar refractivity (Wildman–Crippen MR) is 50.3 cm³/mol. The molecule has 0 bridgehead atoms. The van der Waals surface area contributed by atoms with Crippen LogP contribution in [0.3, 0.4) is 0 Å². The summed E-state index contributed by atoms with van der Waals surface area (Å²) in [4.78, 5) is 43.2. The zero-order valence-corrected chi connectivity index (χ0v) is 9.46. The van der Waals surface area contributed by atoms with Crippen LogP contribution in [0.1, 0.15) is 13.8 Å². The van der Waals surface area contributed by atoms with Crippen molar-refractivity contribution in [1.29, 1.82) is 0 Å². The van der Waals surface area contributed by atoms with Gasteiger partial charge in [0.1, 0.15) is 0 Å². The van der Waals surface area contributed by atoms with Gasteiger partial charge in [0.25, 0.3) is 0 Å². The molecule has 0 aliphatic rings. The molecule has 0 aliphatic carbocycles. The van der Waals surface area contributed by atoms with E-state index in [-0.39, 0.29) is 0 Å². The molecular formula is C9H12O8. The fourth-order valence-electron chi connectivity index (χ4n) is 0.879. The van der Waals surface area contributed by atoms with Crippen molar-refractivity contribution in [3.05, 3.63) is 0 Å². The lowest BCUT2D eigenvalue weighted by Crippen LogP contribution is -2.43. The van der Waals surface area contributed by atoms with Gasteiger partial charge >= 0.3 is 23.9 Å². The van der Waals surface area contributed by atoms with Crippen LogP contribution in [0, 0.1) is 0 Å². The fraction of sp³-hybridized carbons (Fsp3) is 0.556. The number of hydrogen-bond acceptors (Lipinski definition) is 8. The molecule has 17 heavy (non-hydrogen) atoms. The Labute approximate surface area is 96.4 Å². The number of methoxy groups -OCH3 is 1. The maximum atomic E-state index is 11.2. The second-order valence-corrected chi connectivity index (χ2v) is 2.93. The Balaban J connectivity index is 4.64. The summed E-state index contributed by atoms with van der Waals surface area (Å²) in [5.74, 6) is -4.51. The van der Waals surface area contributed by atoms with Crippen LogP contribution in [0.2, 0.25) is 0 Å². The van der Waals surface area contributed by atoms with E-state index < -0.39 is 36.1 Å². The Hall–Kier alpha value is -1.80. The zero-order chi connectivity index (χ0) is 13.6. The minimum absolute atomic E-state index is 0.927. The summed E-state index contributed by atoms with van der Waals surface area (Å²) in [6.45, 7) is 1.91. The van der Waals surface area contributed by atoms with Gasteiger partial charge in [0.2, 0.25) is 0 Å². The number of esters is 4. The van der Waals surface area contributed by atoms with E-state index in [2.05, 4.69) is 14.2 Å². The van der Waals surface area contributed by atoms with Crippen molar-refractivity contribution in [2.45, 2.75) is 26.1 Å². The number of ether oxygens (including phenoxy) is 3. The van der Waals surface area contributed by atoms with Crippen LogP contribution >= 0.6 is 0 Å². The molecule has 0 amide bonds. The van der Waals surface area contributed by atoms with Gasteiger partial charge in [0.15, 0.2) is 12.2 Å². The van der Waals surface area contributed by atoms with Crippen molar-refractivity contribution < 1.29 is 38.5 Å². The van der Waals surface area contributed by atoms with Gasteiger partial charge in [0, 0.05) is 21.0 Å². The first-order valence-corrected chi connectivity index (χ1v) is 4.45. The molecule has 8 heteroatoms. The van der Waals surface area contributed by atoms with Gasteiger partial charge in [0.05, 0.1) is 0 Å². The minimum atomic E-state index is -2.06. The highest BCUT2D eigenvalue weighted by atomic mass is 16.6. The SMILES string of the molecule is COC(C(=O)OC(C)=O)C(O)C(=O)OC(C)=O. The average molecular weight is 248 g/mol. The topological polar surface area (TPSA) is 116 Å². The monoisotopic (exact) mass is 248 g/mol. The molecule has 0 aromatic rings. The Morgan fingerprint density at radius 3 is 1.71 bits per heavy atom. The van der Waals surface area contributed by atoms with E-state index >= 15 is 0 Å². The van der Waals surface area contributed by atoms with Gasteiger partial charge in [-0.1, -0.05) is 0 Å². The maximum absolute atomic E-state index is 11.2. The molecule has 2 unspecified atom stereocenters. The lowest BCUT2D eigenvalue weighted by molar-refractivity contribution is -0.181. The molecule has 96 valence electrons. The average Bonchev–Trinajstić information content (AvgIpc) is 2.16. The molecule has 0 fully saturated rings. The van der Waals surface area contributed by atoms with Crippen molar-refractivity contribution in [2.24, 2.45) is 0 Å². The van der Waals surface area contributed by atoms with E-state index in [0.29, 0.717) is 0 Å². The second-order valence-electron chi connectivity index (χ2n) is 2.93. The zero-order valence-electron chi connectivity index (χ0n) is 9.46. The number of carbonyl (C=O) groups is 4. The molecule has 0 saturated heterocycles. The van der Waals surface area contributed by atoms with E-state index in [1.54, 1.807) is 0 Å². The molecule has 2 atom stereocenters. The van der Waals surface area contributed by atoms with Crippen LogP contribution in [0.5, 0.6) is 0 Å². The van der Waals surface area contributed by atoms with E-state index in [9.17, 15) is 24.3 Å². The Kier molecular flexibility index (Phi) is 6.00. The smallest absolute Gasteiger partial charge is 0.346 e.